The highest BCUT2D eigenvalue weighted by Gasteiger charge is 2.30. The molecule has 156 valence electrons. The lowest BCUT2D eigenvalue weighted by Crippen LogP contribution is -2.51. The molecular formula is C21H27N3O4S. The Labute approximate surface area is 172 Å². The Bertz CT molecular complexity index is 909. The van der Waals surface area contributed by atoms with Crippen LogP contribution in [0.2, 0.25) is 0 Å². The van der Waals surface area contributed by atoms with Gasteiger partial charge in [-0.25, -0.2) is 8.42 Å². The van der Waals surface area contributed by atoms with Gasteiger partial charge >= 0.3 is 0 Å². The van der Waals surface area contributed by atoms with E-state index in [-0.39, 0.29) is 17.3 Å². The van der Waals surface area contributed by atoms with Gasteiger partial charge in [-0.2, -0.15) is 0 Å². The highest BCUT2D eigenvalue weighted by molar-refractivity contribution is 7.92. The molecule has 1 fully saturated rings. The van der Waals surface area contributed by atoms with E-state index in [2.05, 4.69) is 11.8 Å². The average Bonchev–Trinajstić information content (AvgIpc) is 2.78. The Hall–Kier alpha value is -2.58. The first kappa shape index (κ1) is 21.1. The molecule has 7 nitrogen and oxygen atoms in total. The summed E-state index contributed by atoms with van der Waals surface area (Å²) in [5, 5.41) is 0. The van der Waals surface area contributed by atoms with E-state index in [0.717, 1.165) is 19.6 Å². The zero-order valence-electron chi connectivity index (χ0n) is 16.8. The normalized spacial score (nSPS) is 15.2. The molecule has 0 N–H and O–H groups in total. The van der Waals surface area contributed by atoms with Crippen LogP contribution < -0.4 is 9.04 Å². The molecule has 0 unspecified atom stereocenters. The van der Waals surface area contributed by atoms with Crippen molar-refractivity contribution in [1.29, 1.82) is 0 Å². The van der Waals surface area contributed by atoms with Crippen LogP contribution in [-0.4, -0.2) is 70.5 Å². The van der Waals surface area contributed by atoms with Gasteiger partial charge < -0.3 is 14.5 Å². The van der Waals surface area contributed by atoms with Crippen molar-refractivity contribution in [3.8, 4) is 5.75 Å². The number of likely N-dealkylation sites (N-methyl/N-ethyl adjacent to an activating group) is 1. The Morgan fingerprint density at radius 2 is 1.62 bits per heavy atom. The topological polar surface area (TPSA) is 70.2 Å². The number of nitrogens with zero attached hydrogens (tertiary/aromatic N) is 3. The maximum Gasteiger partial charge on any atom is 0.264 e. The van der Waals surface area contributed by atoms with Crippen molar-refractivity contribution in [3.63, 3.8) is 0 Å². The molecule has 0 spiro atoms. The van der Waals surface area contributed by atoms with Crippen LogP contribution >= 0.6 is 0 Å². The highest BCUT2D eigenvalue weighted by atomic mass is 32.2. The summed E-state index contributed by atoms with van der Waals surface area (Å²) in [4.78, 5) is 17.1. The van der Waals surface area contributed by atoms with Crippen LogP contribution in [0.5, 0.6) is 5.75 Å². The lowest BCUT2D eigenvalue weighted by atomic mass is 10.3. The molecule has 1 amide bonds. The molecule has 0 bridgehead atoms. The summed E-state index contributed by atoms with van der Waals surface area (Å²) in [6, 6.07) is 14.9. The largest absolute Gasteiger partial charge is 0.497 e. The molecule has 1 saturated heterocycles. The summed E-state index contributed by atoms with van der Waals surface area (Å²) < 4.78 is 33.0. The smallest absolute Gasteiger partial charge is 0.264 e. The average molecular weight is 418 g/mol. The standard InChI is InChI=1S/C21H27N3O4S/c1-3-22-13-15-23(16-14-22)21(25)17-24(18-9-11-19(28-2)12-10-18)29(26,27)20-7-5-4-6-8-20/h4-12H,3,13-17H2,1-2H3. The molecule has 2 aromatic carbocycles. The second-order valence-corrected chi connectivity index (χ2v) is 8.70. The molecule has 3 rings (SSSR count). The zero-order valence-corrected chi connectivity index (χ0v) is 17.6. The Morgan fingerprint density at radius 1 is 1.00 bits per heavy atom. The van der Waals surface area contributed by atoms with Crippen LogP contribution in [0.1, 0.15) is 6.92 Å². The van der Waals surface area contributed by atoms with Gasteiger partial charge in [0.25, 0.3) is 10.0 Å². The fourth-order valence-corrected chi connectivity index (χ4v) is 4.75. The van der Waals surface area contributed by atoms with E-state index in [1.54, 1.807) is 54.5 Å². The zero-order chi connectivity index (χ0) is 20.9. The van der Waals surface area contributed by atoms with Gasteiger partial charge in [-0.15, -0.1) is 0 Å². The number of hydrogen-bond donors (Lipinski definition) is 0. The van der Waals surface area contributed by atoms with Crippen LogP contribution in [0.25, 0.3) is 0 Å². The van der Waals surface area contributed by atoms with Crippen molar-refractivity contribution in [3.05, 3.63) is 54.6 Å². The minimum atomic E-state index is -3.89. The number of rotatable bonds is 7. The summed E-state index contributed by atoms with van der Waals surface area (Å²) >= 11 is 0. The number of piperazine rings is 1. The number of carbonyl (C=O) groups excluding carboxylic acids is 1. The Kier molecular flexibility index (Phi) is 6.76. The number of amides is 1. The summed E-state index contributed by atoms with van der Waals surface area (Å²) in [6.07, 6.45) is 0. The number of sulfonamides is 1. The van der Waals surface area contributed by atoms with E-state index in [1.165, 1.54) is 16.4 Å². The van der Waals surface area contributed by atoms with Crippen molar-refractivity contribution >= 4 is 21.6 Å². The molecule has 0 saturated carbocycles. The maximum atomic E-state index is 13.3. The van der Waals surface area contributed by atoms with Crippen molar-refractivity contribution in [2.24, 2.45) is 0 Å². The van der Waals surface area contributed by atoms with Crippen molar-refractivity contribution in [2.75, 3.05) is 50.7 Å². The third kappa shape index (κ3) is 4.89. The summed E-state index contributed by atoms with van der Waals surface area (Å²) in [6.45, 7) is 5.61. The number of methoxy groups -OCH3 is 1. The third-order valence-electron chi connectivity index (χ3n) is 5.14. The third-order valence-corrected chi connectivity index (χ3v) is 6.93. The number of carbonyl (C=O) groups is 1. The molecule has 0 aromatic heterocycles. The maximum absolute atomic E-state index is 13.3. The van der Waals surface area contributed by atoms with Crippen LogP contribution in [-0.2, 0) is 14.8 Å². The van der Waals surface area contributed by atoms with E-state index in [4.69, 9.17) is 4.74 Å². The van der Waals surface area contributed by atoms with E-state index in [0.29, 0.717) is 24.5 Å². The predicted molar refractivity (Wildman–Crippen MR) is 113 cm³/mol. The molecule has 0 aliphatic carbocycles. The van der Waals surface area contributed by atoms with Crippen molar-refractivity contribution in [2.45, 2.75) is 11.8 Å². The van der Waals surface area contributed by atoms with Crippen LogP contribution in [0, 0.1) is 0 Å². The van der Waals surface area contributed by atoms with Gasteiger partial charge in [0.05, 0.1) is 17.7 Å². The first-order chi connectivity index (χ1) is 14.0. The molecule has 2 aromatic rings. The van der Waals surface area contributed by atoms with Gasteiger partial charge in [0.2, 0.25) is 5.91 Å². The number of hydrogen-bond acceptors (Lipinski definition) is 5. The Balaban J connectivity index is 1.87. The number of anilines is 1. The van der Waals surface area contributed by atoms with Gasteiger partial charge in [-0.05, 0) is 42.9 Å². The molecule has 1 aliphatic heterocycles. The molecule has 0 radical (unpaired) electrons. The molecule has 29 heavy (non-hydrogen) atoms. The molecule has 1 heterocycles. The molecule has 8 heteroatoms. The van der Waals surface area contributed by atoms with Crippen LogP contribution in [0.15, 0.2) is 59.5 Å². The van der Waals surface area contributed by atoms with Crippen molar-refractivity contribution in [1.82, 2.24) is 9.80 Å². The van der Waals surface area contributed by atoms with E-state index in [9.17, 15) is 13.2 Å². The van der Waals surface area contributed by atoms with Gasteiger partial charge in [0, 0.05) is 26.2 Å². The number of benzene rings is 2. The minimum Gasteiger partial charge on any atom is -0.497 e. The highest BCUT2D eigenvalue weighted by Crippen LogP contribution is 2.26. The first-order valence-electron chi connectivity index (χ1n) is 9.67. The predicted octanol–water partition coefficient (Wildman–Crippen LogP) is 2.05. The fourth-order valence-electron chi connectivity index (χ4n) is 3.32. The molecule has 0 atom stereocenters. The van der Waals surface area contributed by atoms with Gasteiger partial charge in [-0.1, -0.05) is 25.1 Å². The van der Waals surface area contributed by atoms with Crippen LogP contribution in [0.4, 0.5) is 5.69 Å². The SMILES string of the molecule is CCN1CCN(C(=O)CN(c2ccc(OC)cc2)S(=O)(=O)c2ccccc2)CC1. The Morgan fingerprint density at radius 3 is 2.17 bits per heavy atom. The summed E-state index contributed by atoms with van der Waals surface area (Å²) in [7, 11) is -2.34. The lowest BCUT2D eigenvalue weighted by Gasteiger charge is -2.35. The monoisotopic (exact) mass is 417 g/mol. The lowest BCUT2D eigenvalue weighted by molar-refractivity contribution is -0.131. The number of ether oxygens (including phenoxy) is 1. The van der Waals surface area contributed by atoms with Crippen LogP contribution in [0.3, 0.4) is 0 Å². The second kappa shape index (κ2) is 9.28. The van der Waals surface area contributed by atoms with Gasteiger partial charge in [0.15, 0.2) is 0 Å². The quantitative estimate of drug-likeness (QED) is 0.690. The second-order valence-electron chi connectivity index (χ2n) is 6.84. The van der Waals surface area contributed by atoms with E-state index in [1.807, 2.05) is 0 Å². The molecule has 1 aliphatic rings. The van der Waals surface area contributed by atoms with E-state index < -0.39 is 10.0 Å². The van der Waals surface area contributed by atoms with Gasteiger partial charge in [0.1, 0.15) is 12.3 Å². The van der Waals surface area contributed by atoms with Crippen molar-refractivity contribution < 1.29 is 17.9 Å². The van der Waals surface area contributed by atoms with Gasteiger partial charge in [-0.3, -0.25) is 9.10 Å². The fraction of sp³-hybridized carbons (Fsp3) is 0.381. The first-order valence-corrected chi connectivity index (χ1v) is 11.1. The summed E-state index contributed by atoms with van der Waals surface area (Å²) in [5.74, 6) is 0.420. The summed E-state index contributed by atoms with van der Waals surface area (Å²) in [5.41, 5.74) is 0.426. The van der Waals surface area contributed by atoms with E-state index >= 15 is 0 Å². The minimum absolute atomic E-state index is 0.152. The molecular weight excluding hydrogens is 390 g/mol.